The van der Waals surface area contributed by atoms with Crippen LogP contribution in [0.4, 0.5) is 8.78 Å². The van der Waals surface area contributed by atoms with Crippen molar-refractivity contribution >= 4 is 15.9 Å². The number of ether oxygens (including phenoxy) is 1. The van der Waals surface area contributed by atoms with E-state index < -0.39 is 17.7 Å². The lowest BCUT2D eigenvalue weighted by Crippen LogP contribution is -1.95. The van der Waals surface area contributed by atoms with Gasteiger partial charge in [0.15, 0.2) is 11.6 Å². The van der Waals surface area contributed by atoms with Gasteiger partial charge in [0.05, 0.1) is 10.6 Å². The van der Waals surface area contributed by atoms with Crippen molar-refractivity contribution in [1.29, 1.82) is 0 Å². The fourth-order valence-corrected chi connectivity index (χ4v) is 1.97. The van der Waals surface area contributed by atoms with Crippen molar-refractivity contribution in [3.05, 3.63) is 58.1 Å². The van der Waals surface area contributed by atoms with E-state index in [1.54, 1.807) is 13.0 Å². The number of benzene rings is 2. The highest BCUT2D eigenvalue weighted by molar-refractivity contribution is 9.10. The largest absolute Gasteiger partial charge is 0.453 e. The molecule has 19 heavy (non-hydrogen) atoms. The van der Waals surface area contributed by atoms with Gasteiger partial charge in [-0.05, 0) is 58.7 Å². The molecule has 5 heteroatoms. The summed E-state index contributed by atoms with van der Waals surface area (Å²) in [5.74, 6) is -0.680. The van der Waals surface area contributed by atoms with Gasteiger partial charge in [-0.15, -0.1) is 0 Å². The van der Waals surface area contributed by atoms with Crippen LogP contribution in [0.5, 0.6) is 11.5 Å². The van der Waals surface area contributed by atoms with E-state index in [0.29, 0.717) is 15.8 Å². The molecule has 2 nitrogen and oxygen atoms in total. The maximum absolute atomic E-state index is 13.8. The van der Waals surface area contributed by atoms with E-state index in [1.807, 2.05) is 0 Å². The highest BCUT2D eigenvalue weighted by atomic mass is 79.9. The van der Waals surface area contributed by atoms with Gasteiger partial charge in [-0.1, -0.05) is 6.07 Å². The van der Waals surface area contributed by atoms with Gasteiger partial charge in [0.1, 0.15) is 11.6 Å². The Labute approximate surface area is 117 Å². The smallest absolute Gasteiger partial charge is 0.166 e. The molecule has 0 aromatic heterocycles. The topological polar surface area (TPSA) is 29.5 Å². The Balaban J connectivity index is 2.28. The summed E-state index contributed by atoms with van der Waals surface area (Å²) in [6.07, 6.45) is -0.749. The predicted octanol–water partition coefficient (Wildman–Crippen LogP) is 4.57. The molecule has 0 saturated carbocycles. The monoisotopic (exact) mass is 328 g/mol. The molecular formula is C14H11BrF2O2. The first-order chi connectivity index (χ1) is 8.97. The van der Waals surface area contributed by atoms with Crippen LogP contribution in [0.2, 0.25) is 0 Å². The summed E-state index contributed by atoms with van der Waals surface area (Å²) in [6.45, 7) is 1.55. The van der Waals surface area contributed by atoms with Crippen LogP contribution in [-0.4, -0.2) is 5.11 Å². The molecule has 0 fully saturated rings. The third-order valence-electron chi connectivity index (χ3n) is 2.55. The lowest BCUT2D eigenvalue weighted by Gasteiger charge is -2.11. The van der Waals surface area contributed by atoms with E-state index in [1.165, 1.54) is 30.3 Å². The second kappa shape index (κ2) is 5.67. The van der Waals surface area contributed by atoms with Crippen LogP contribution in [0.3, 0.4) is 0 Å². The molecule has 0 bridgehead atoms. The average Bonchev–Trinajstić information content (AvgIpc) is 2.34. The van der Waals surface area contributed by atoms with Crippen molar-refractivity contribution in [2.75, 3.05) is 0 Å². The Morgan fingerprint density at radius 2 is 1.79 bits per heavy atom. The van der Waals surface area contributed by atoms with E-state index in [4.69, 9.17) is 4.74 Å². The highest BCUT2D eigenvalue weighted by Crippen LogP contribution is 2.32. The summed E-state index contributed by atoms with van der Waals surface area (Å²) in [7, 11) is 0. The van der Waals surface area contributed by atoms with Gasteiger partial charge in [0.2, 0.25) is 0 Å². The third kappa shape index (κ3) is 3.30. The lowest BCUT2D eigenvalue weighted by atomic mass is 10.1. The Hall–Kier alpha value is -1.46. The van der Waals surface area contributed by atoms with Crippen molar-refractivity contribution < 1.29 is 18.6 Å². The third-order valence-corrected chi connectivity index (χ3v) is 3.17. The molecule has 0 spiro atoms. The number of halogens is 3. The van der Waals surface area contributed by atoms with Crippen LogP contribution >= 0.6 is 15.9 Å². The molecule has 2 aromatic rings. The molecule has 2 aromatic carbocycles. The van der Waals surface area contributed by atoms with E-state index in [0.717, 1.165) is 0 Å². The van der Waals surface area contributed by atoms with Crippen LogP contribution in [0.15, 0.2) is 40.9 Å². The van der Waals surface area contributed by atoms with Crippen LogP contribution in [-0.2, 0) is 0 Å². The van der Waals surface area contributed by atoms with Crippen LogP contribution in [0.25, 0.3) is 0 Å². The van der Waals surface area contributed by atoms with Gasteiger partial charge in [0, 0.05) is 0 Å². The van der Waals surface area contributed by atoms with Gasteiger partial charge < -0.3 is 9.84 Å². The molecule has 1 atom stereocenters. The van der Waals surface area contributed by atoms with Gasteiger partial charge in [-0.2, -0.15) is 0 Å². The van der Waals surface area contributed by atoms with Gasteiger partial charge in [-0.25, -0.2) is 8.78 Å². The van der Waals surface area contributed by atoms with E-state index >= 15 is 0 Å². The average molecular weight is 329 g/mol. The number of rotatable bonds is 3. The zero-order chi connectivity index (χ0) is 14.0. The van der Waals surface area contributed by atoms with Gasteiger partial charge in [0.25, 0.3) is 0 Å². The molecule has 2 rings (SSSR count). The van der Waals surface area contributed by atoms with Crippen molar-refractivity contribution in [2.24, 2.45) is 0 Å². The molecule has 1 N–H and O–H groups in total. The summed E-state index contributed by atoms with van der Waals surface area (Å²) in [5, 5.41) is 9.35. The molecule has 0 aliphatic rings. The Bertz CT molecular complexity index is 600. The minimum atomic E-state index is -0.749. The molecule has 0 aliphatic heterocycles. The standard InChI is InChI=1S/C14H11BrF2O2/c1-8(18)9-2-4-14(12(17)6-9)19-13-5-3-10(16)7-11(13)15/h2-8,18H,1H3. The van der Waals surface area contributed by atoms with Gasteiger partial charge >= 0.3 is 0 Å². The molecule has 0 saturated heterocycles. The minimum absolute atomic E-state index is 0.0108. The Kier molecular flexibility index (Phi) is 4.17. The number of aliphatic hydroxyl groups excluding tert-OH is 1. The molecule has 0 radical (unpaired) electrons. The molecule has 100 valence electrons. The second-order valence-electron chi connectivity index (χ2n) is 4.04. The van der Waals surface area contributed by atoms with Gasteiger partial charge in [-0.3, -0.25) is 0 Å². The first kappa shape index (κ1) is 14.0. The fraction of sp³-hybridized carbons (Fsp3) is 0.143. The first-order valence-corrected chi connectivity index (χ1v) is 6.37. The highest BCUT2D eigenvalue weighted by Gasteiger charge is 2.10. The van der Waals surface area contributed by atoms with E-state index in [9.17, 15) is 13.9 Å². The molecule has 0 heterocycles. The summed E-state index contributed by atoms with van der Waals surface area (Å²) in [6, 6.07) is 8.06. The second-order valence-corrected chi connectivity index (χ2v) is 4.90. The zero-order valence-electron chi connectivity index (χ0n) is 10.0. The molecule has 1 unspecified atom stereocenters. The summed E-state index contributed by atoms with van der Waals surface area (Å²) < 4.78 is 32.5. The summed E-state index contributed by atoms with van der Waals surface area (Å²) in [5.41, 5.74) is 0.461. The lowest BCUT2D eigenvalue weighted by molar-refractivity contribution is 0.198. The van der Waals surface area contributed by atoms with Crippen molar-refractivity contribution in [3.63, 3.8) is 0 Å². The SMILES string of the molecule is CC(O)c1ccc(Oc2ccc(F)cc2Br)c(F)c1. The summed E-state index contributed by atoms with van der Waals surface area (Å²) in [4.78, 5) is 0. The number of hydrogen-bond donors (Lipinski definition) is 1. The maximum atomic E-state index is 13.8. The zero-order valence-corrected chi connectivity index (χ0v) is 11.6. The van der Waals surface area contributed by atoms with E-state index in [2.05, 4.69) is 15.9 Å². The Morgan fingerprint density at radius 3 is 2.37 bits per heavy atom. The Morgan fingerprint density at radius 1 is 1.11 bits per heavy atom. The number of aliphatic hydroxyl groups is 1. The normalized spacial score (nSPS) is 12.3. The first-order valence-electron chi connectivity index (χ1n) is 5.58. The maximum Gasteiger partial charge on any atom is 0.166 e. The minimum Gasteiger partial charge on any atom is -0.453 e. The van der Waals surface area contributed by atoms with Crippen molar-refractivity contribution in [2.45, 2.75) is 13.0 Å². The fourth-order valence-electron chi connectivity index (χ4n) is 1.54. The van der Waals surface area contributed by atoms with E-state index in [-0.39, 0.29) is 5.75 Å². The number of hydrogen-bond acceptors (Lipinski definition) is 2. The molecule has 0 aliphatic carbocycles. The molecule has 0 amide bonds. The van der Waals surface area contributed by atoms with Crippen LogP contribution in [0.1, 0.15) is 18.6 Å². The molecular weight excluding hydrogens is 318 g/mol. The van der Waals surface area contributed by atoms with Crippen LogP contribution < -0.4 is 4.74 Å². The summed E-state index contributed by atoms with van der Waals surface area (Å²) >= 11 is 3.14. The van der Waals surface area contributed by atoms with Crippen LogP contribution in [0, 0.1) is 11.6 Å². The van der Waals surface area contributed by atoms with Crippen molar-refractivity contribution in [1.82, 2.24) is 0 Å². The quantitative estimate of drug-likeness (QED) is 0.894. The predicted molar refractivity (Wildman–Crippen MR) is 71.2 cm³/mol. The van der Waals surface area contributed by atoms with Crippen molar-refractivity contribution in [3.8, 4) is 11.5 Å².